The van der Waals surface area contributed by atoms with Gasteiger partial charge in [-0.1, -0.05) is 6.07 Å². The molecule has 2 rings (SSSR count). The predicted molar refractivity (Wildman–Crippen MR) is 58.6 cm³/mol. The molecule has 1 aliphatic heterocycles. The normalized spacial score (nSPS) is 23.9. The lowest BCUT2D eigenvalue weighted by Gasteiger charge is -2.06. The van der Waals surface area contributed by atoms with E-state index in [1.54, 1.807) is 0 Å². The Bertz CT molecular complexity index is 431. The summed E-state index contributed by atoms with van der Waals surface area (Å²) in [6, 6.07) is 3.56. The van der Waals surface area contributed by atoms with Crippen molar-refractivity contribution in [2.75, 3.05) is 6.61 Å². The third-order valence-corrected chi connectivity index (χ3v) is 3.02. The number of Topliss-reactive ketones (excluding diaryl/α,β-unsaturated/α-hetero) is 1. The molecule has 0 saturated carbocycles. The summed E-state index contributed by atoms with van der Waals surface area (Å²) in [6.45, 7) is 2.36. The zero-order chi connectivity index (χ0) is 12.4. The highest BCUT2D eigenvalue weighted by Gasteiger charge is 2.27. The minimum Gasteiger partial charge on any atom is -0.378 e. The number of benzene rings is 1. The largest absolute Gasteiger partial charge is 0.378 e. The summed E-state index contributed by atoms with van der Waals surface area (Å²) in [6.07, 6.45) is 0.953. The van der Waals surface area contributed by atoms with Gasteiger partial charge >= 0.3 is 0 Å². The average molecular weight is 240 g/mol. The summed E-state index contributed by atoms with van der Waals surface area (Å²) >= 11 is 0. The second-order valence-corrected chi connectivity index (χ2v) is 4.47. The van der Waals surface area contributed by atoms with Gasteiger partial charge in [0.05, 0.1) is 12.7 Å². The van der Waals surface area contributed by atoms with Gasteiger partial charge in [-0.05, 0) is 31.0 Å². The van der Waals surface area contributed by atoms with Gasteiger partial charge in [-0.2, -0.15) is 0 Å². The van der Waals surface area contributed by atoms with Crippen LogP contribution in [0.15, 0.2) is 18.2 Å². The highest BCUT2D eigenvalue weighted by molar-refractivity contribution is 5.83. The van der Waals surface area contributed by atoms with Crippen molar-refractivity contribution in [3.63, 3.8) is 0 Å². The molecule has 2 atom stereocenters. The number of halogens is 2. The molecule has 0 bridgehead atoms. The Kier molecular flexibility index (Phi) is 3.52. The number of ether oxygens (including phenoxy) is 1. The van der Waals surface area contributed by atoms with E-state index in [1.807, 2.05) is 6.92 Å². The molecule has 0 spiro atoms. The first-order valence-corrected chi connectivity index (χ1v) is 5.64. The molecule has 1 saturated heterocycles. The van der Waals surface area contributed by atoms with Crippen molar-refractivity contribution in [2.45, 2.75) is 25.9 Å². The Morgan fingerprint density at radius 1 is 1.41 bits per heavy atom. The Morgan fingerprint density at radius 2 is 2.18 bits per heavy atom. The van der Waals surface area contributed by atoms with Crippen LogP contribution in [0.1, 0.15) is 18.9 Å². The van der Waals surface area contributed by atoms with E-state index in [9.17, 15) is 13.6 Å². The summed E-state index contributed by atoms with van der Waals surface area (Å²) in [4.78, 5) is 11.9. The zero-order valence-corrected chi connectivity index (χ0v) is 9.58. The minimum absolute atomic E-state index is 0.0281. The van der Waals surface area contributed by atoms with Crippen molar-refractivity contribution < 1.29 is 18.3 Å². The fourth-order valence-corrected chi connectivity index (χ4v) is 2.04. The monoisotopic (exact) mass is 240 g/mol. The molecule has 1 aromatic rings. The maximum Gasteiger partial charge on any atom is 0.159 e. The van der Waals surface area contributed by atoms with E-state index in [4.69, 9.17) is 4.74 Å². The molecule has 92 valence electrons. The van der Waals surface area contributed by atoms with Crippen LogP contribution in [-0.4, -0.2) is 18.5 Å². The fraction of sp³-hybridized carbons (Fsp3) is 0.462. The van der Waals surface area contributed by atoms with Crippen LogP contribution in [0.25, 0.3) is 0 Å². The van der Waals surface area contributed by atoms with Gasteiger partial charge in [0.1, 0.15) is 5.78 Å². The van der Waals surface area contributed by atoms with Crippen molar-refractivity contribution in [3.05, 3.63) is 35.4 Å². The molecule has 0 amide bonds. The molecule has 2 nitrogen and oxygen atoms in total. The molecule has 0 radical (unpaired) electrons. The van der Waals surface area contributed by atoms with Gasteiger partial charge in [0.2, 0.25) is 0 Å². The van der Waals surface area contributed by atoms with Crippen LogP contribution >= 0.6 is 0 Å². The van der Waals surface area contributed by atoms with Gasteiger partial charge in [-0.25, -0.2) is 8.78 Å². The van der Waals surface area contributed by atoms with Gasteiger partial charge in [0, 0.05) is 12.3 Å². The molecule has 0 aliphatic carbocycles. The molecule has 0 aromatic heterocycles. The van der Waals surface area contributed by atoms with Crippen LogP contribution in [-0.2, 0) is 16.0 Å². The van der Waals surface area contributed by atoms with Gasteiger partial charge in [0.25, 0.3) is 0 Å². The van der Waals surface area contributed by atoms with Crippen molar-refractivity contribution in [2.24, 2.45) is 5.92 Å². The third-order valence-electron chi connectivity index (χ3n) is 3.02. The molecule has 2 unspecified atom stereocenters. The highest BCUT2D eigenvalue weighted by atomic mass is 19.2. The lowest BCUT2D eigenvalue weighted by molar-refractivity contribution is -0.122. The summed E-state index contributed by atoms with van der Waals surface area (Å²) < 4.78 is 31.0. The quantitative estimate of drug-likeness (QED) is 0.811. The Hall–Kier alpha value is -1.29. The first-order valence-electron chi connectivity index (χ1n) is 5.64. The van der Waals surface area contributed by atoms with E-state index in [0.29, 0.717) is 18.6 Å². The highest BCUT2D eigenvalue weighted by Crippen LogP contribution is 2.21. The lowest BCUT2D eigenvalue weighted by Crippen LogP contribution is -2.17. The second-order valence-electron chi connectivity index (χ2n) is 4.47. The van der Waals surface area contributed by atoms with Crippen LogP contribution in [0.4, 0.5) is 8.78 Å². The number of hydrogen-bond acceptors (Lipinski definition) is 2. The second kappa shape index (κ2) is 4.92. The lowest BCUT2D eigenvalue weighted by atomic mass is 9.96. The standard InChI is InChI=1S/C13H14F2O2/c1-8-4-10(7-17-8)13(16)6-9-2-3-11(14)12(15)5-9/h2-3,5,8,10H,4,6-7H2,1H3. The van der Waals surface area contributed by atoms with Gasteiger partial charge in [0.15, 0.2) is 11.6 Å². The smallest absolute Gasteiger partial charge is 0.159 e. The summed E-state index contributed by atoms with van der Waals surface area (Å²) in [7, 11) is 0. The minimum atomic E-state index is -0.911. The van der Waals surface area contributed by atoms with Gasteiger partial charge in [-0.3, -0.25) is 4.79 Å². The first kappa shape index (κ1) is 12.2. The van der Waals surface area contributed by atoms with Crippen LogP contribution in [0.3, 0.4) is 0 Å². The third kappa shape index (κ3) is 2.88. The van der Waals surface area contributed by atoms with Crippen molar-refractivity contribution >= 4 is 5.78 Å². The Balaban J connectivity index is 2.00. The molecular weight excluding hydrogens is 226 g/mol. The van der Waals surface area contributed by atoms with E-state index in [1.165, 1.54) is 6.07 Å². The molecule has 1 aliphatic rings. The molecule has 17 heavy (non-hydrogen) atoms. The molecule has 0 N–H and O–H groups in total. The number of ketones is 1. The molecule has 1 aromatic carbocycles. The van der Waals surface area contributed by atoms with Crippen LogP contribution in [0.5, 0.6) is 0 Å². The number of hydrogen-bond donors (Lipinski definition) is 0. The topological polar surface area (TPSA) is 26.3 Å². The van der Waals surface area contributed by atoms with E-state index >= 15 is 0 Å². The number of carbonyl (C=O) groups excluding carboxylic acids is 1. The molecule has 1 heterocycles. The van der Waals surface area contributed by atoms with Gasteiger partial charge < -0.3 is 4.74 Å². The summed E-state index contributed by atoms with van der Waals surface area (Å²) in [5.41, 5.74) is 0.508. The van der Waals surface area contributed by atoms with Crippen LogP contribution in [0, 0.1) is 17.6 Å². The molecule has 4 heteroatoms. The maximum atomic E-state index is 13.0. The zero-order valence-electron chi connectivity index (χ0n) is 9.58. The Morgan fingerprint density at radius 3 is 2.76 bits per heavy atom. The van der Waals surface area contributed by atoms with Crippen molar-refractivity contribution in [1.82, 2.24) is 0 Å². The Labute approximate surface area is 98.6 Å². The van der Waals surface area contributed by atoms with Crippen molar-refractivity contribution in [3.8, 4) is 0 Å². The molecular formula is C13H14F2O2. The van der Waals surface area contributed by atoms with Crippen LogP contribution < -0.4 is 0 Å². The van der Waals surface area contributed by atoms with E-state index in [-0.39, 0.29) is 24.2 Å². The molecule has 1 fully saturated rings. The van der Waals surface area contributed by atoms with E-state index < -0.39 is 11.6 Å². The number of rotatable bonds is 3. The summed E-state index contributed by atoms with van der Waals surface area (Å²) in [5, 5.41) is 0. The first-order chi connectivity index (χ1) is 8.06. The number of carbonyl (C=O) groups is 1. The van der Waals surface area contributed by atoms with E-state index in [0.717, 1.165) is 12.1 Å². The van der Waals surface area contributed by atoms with E-state index in [2.05, 4.69) is 0 Å². The average Bonchev–Trinajstić information content (AvgIpc) is 2.70. The van der Waals surface area contributed by atoms with Crippen molar-refractivity contribution in [1.29, 1.82) is 0 Å². The maximum absolute atomic E-state index is 13.0. The van der Waals surface area contributed by atoms with Gasteiger partial charge in [-0.15, -0.1) is 0 Å². The fourth-order valence-electron chi connectivity index (χ4n) is 2.04. The summed E-state index contributed by atoms with van der Waals surface area (Å²) in [5.74, 6) is -1.89. The predicted octanol–water partition coefficient (Wildman–Crippen LogP) is 2.50. The SMILES string of the molecule is CC1CC(C(=O)Cc2ccc(F)c(F)c2)CO1. The van der Waals surface area contributed by atoms with Crippen LogP contribution in [0.2, 0.25) is 0 Å².